The summed E-state index contributed by atoms with van der Waals surface area (Å²) in [5.74, 6) is -0.112. The zero-order chi connectivity index (χ0) is 11.4. The van der Waals surface area contributed by atoms with Crippen molar-refractivity contribution >= 4 is 5.82 Å². The highest BCUT2D eigenvalue weighted by Crippen LogP contribution is 2.20. The Bertz CT molecular complexity index is 348. The number of halogens is 1. The molecule has 2 unspecified atom stereocenters. The Morgan fingerprint density at radius 1 is 1.25 bits per heavy atom. The van der Waals surface area contributed by atoms with Gasteiger partial charge in [-0.15, -0.1) is 0 Å². The molecule has 1 aliphatic rings. The monoisotopic (exact) mass is 225 g/mol. The summed E-state index contributed by atoms with van der Waals surface area (Å²) in [5, 5.41) is 13.0. The lowest BCUT2D eigenvalue weighted by Gasteiger charge is -2.22. The smallest absolute Gasteiger partial charge is 0.217 e. The highest BCUT2D eigenvalue weighted by atomic mass is 19.1. The van der Waals surface area contributed by atoms with Gasteiger partial charge in [-0.2, -0.15) is 4.39 Å². The first-order valence-electron chi connectivity index (χ1n) is 5.68. The number of anilines is 1. The Labute approximate surface area is 93.9 Å². The minimum absolute atomic E-state index is 0.0307. The van der Waals surface area contributed by atoms with Gasteiger partial charge in [0.05, 0.1) is 12.1 Å². The third kappa shape index (κ3) is 2.88. The van der Waals surface area contributed by atoms with E-state index >= 15 is 0 Å². The number of rotatable bonds is 2. The largest absolute Gasteiger partial charge is 0.391 e. The lowest BCUT2D eigenvalue weighted by Crippen LogP contribution is -2.32. The zero-order valence-electron chi connectivity index (χ0n) is 9.06. The maximum atomic E-state index is 12.8. The Balaban J connectivity index is 2.02. The molecular formula is C11H16FN3O. The molecule has 5 heteroatoms. The highest BCUT2D eigenvalue weighted by molar-refractivity contribution is 5.34. The van der Waals surface area contributed by atoms with Crippen LogP contribution < -0.4 is 5.32 Å². The molecule has 2 rings (SSSR count). The van der Waals surface area contributed by atoms with Crippen molar-refractivity contribution in [2.45, 2.75) is 44.2 Å². The van der Waals surface area contributed by atoms with Crippen molar-refractivity contribution in [3.8, 4) is 0 Å². The predicted octanol–water partition coefficient (Wildman–Crippen LogP) is 1.72. The van der Waals surface area contributed by atoms with Crippen LogP contribution >= 0.6 is 0 Å². The Kier molecular flexibility index (Phi) is 3.66. The first-order chi connectivity index (χ1) is 7.75. The van der Waals surface area contributed by atoms with Crippen LogP contribution in [0.4, 0.5) is 10.2 Å². The molecule has 0 bridgehead atoms. The van der Waals surface area contributed by atoms with E-state index in [9.17, 15) is 9.50 Å². The normalized spacial score (nSPS) is 26.1. The number of aliphatic hydroxyl groups is 1. The van der Waals surface area contributed by atoms with Crippen LogP contribution in [0.15, 0.2) is 12.4 Å². The molecule has 0 amide bonds. The van der Waals surface area contributed by atoms with Gasteiger partial charge in [0.15, 0.2) is 0 Å². The summed E-state index contributed by atoms with van der Waals surface area (Å²) < 4.78 is 12.8. The average molecular weight is 225 g/mol. The molecular weight excluding hydrogens is 209 g/mol. The van der Waals surface area contributed by atoms with E-state index in [0.717, 1.165) is 32.1 Å². The number of hydrogen-bond donors (Lipinski definition) is 2. The van der Waals surface area contributed by atoms with Crippen LogP contribution in [0.25, 0.3) is 0 Å². The summed E-state index contributed by atoms with van der Waals surface area (Å²) in [6.45, 7) is 0. The Morgan fingerprint density at radius 2 is 2.06 bits per heavy atom. The molecule has 4 nitrogen and oxygen atoms in total. The maximum absolute atomic E-state index is 12.8. The fourth-order valence-corrected chi connectivity index (χ4v) is 2.06. The molecule has 1 aliphatic carbocycles. The fraction of sp³-hybridized carbons (Fsp3) is 0.636. The molecule has 1 saturated carbocycles. The SMILES string of the molecule is OC1CCCCCC1Nc1cc(F)ncn1. The van der Waals surface area contributed by atoms with Gasteiger partial charge in [-0.3, -0.25) is 0 Å². The average Bonchev–Trinajstić information content (AvgIpc) is 2.45. The van der Waals surface area contributed by atoms with Crippen molar-refractivity contribution in [3.05, 3.63) is 18.3 Å². The van der Waals surface area contributed by atoms with Crippen LogP contribution in [-0.2, 0) is 0 Å². The van der Waals surface area contributed by atoms with Gasteiger partial charge in [-0.05, 0) is 12.8 Å². The van der Waals surface area contributed by atoms with Gasteiger partial charge < -0.3 is 10.4 Å². The third-order valence-electron chi connectivity index (χ3n) is 2.95. The van der Waals surface area contributed by atoms with Crippen LogP contribution in [0.3, 0.4) is 0 Å². The van der Waals surface area contributed by atoms with Gasteiger partial charge in [-0.1, -0.05) is 19.3 Å². The van der Waals surface area contributed by atoms with E-state index in [4.69, 9.17) is 0 Å². The molecule has 0 saturated heterocycles. The molecule has 0 aromatic carbocycles. The van der Waals surface area contributed by atoms with Crippen LogP contribution in [0.1, 0.15) is 32.1 Å². The van der Waals surface area contributed by atoms with Crippen LogP contribution in [0.2, 0.25) is 0 Å². The number of aromatic nitrogens is 2. The second-order valence-corrected chi connectivity index (χ2v) is 4.18. The van der Waals surface area contributed by atoms with Gasteiger partial charge in [0.2, 0.25) is 5.95 Å². The van der Waals surface area contributed by atoms with Crippen molar-refractivity contribution in [3.63, 3.8) is 0 Å². The number of hydrogen-bond acceptors (Lipinski definition) is 4. The van der Waals surface area contributed by atoms with Gasteiger partial charge in [0.1, 0.15) is 12.1 Å². The Hall–Kier alpha value is -1.23. The van der Waals surface area contributed by atoms with Gasteiger partial charge in [-0.25, -0.2) is 9.97 Å². The molecule has 1 aromatic rings. The first kappa shape index (κ1) is 11.3. The number of aliphatic hydroxyl groups excluding tert-OH is 1. The minimum Gasteiger partial charge on any atom is -0.391 e. The molecule has 16 heavy (non-hydrogen) atoms. The quantitative estimate of drug-likeness (QED) is 0.594. The van der Waals surface area contributed by atoms with Gasteiger partial charge in [0.25, 0.3) is 0 Å². The topological polar surface area (TPSA) is 58.0 Å². The molecule has 1 aromatic heterocycles. The predicted molar refractivity (Wildman–Crippen MR) is 58.5 cm³/mol. The summed E-state index contributed by atoms with van der Waals surface area (Å²) in [7, 11) is 0. The summed E-state index contributed by atoms with van der Waals surface area (Å²) in [6.07, 6.45) is 5.78. The Morgan fingerprint density at radius 3 is 2.88 bits per heavy atom. The molecule has 0 aliphatic heterocycles. The maximum Gasteiger partial charge on any atom is 0.217 e. The van der Waals surface area contributed by atoms with E-state index in [1.807, 2.05) is 0 Å². The summed E-state index contributed by atoms with van der Waals surface area (Å²) in [6, 6.07) is 1.22. The van der Waals surface area contributed by atoms with Crippen molar-refractivity contribution < 1.29 is 9.50 Å². The zero-order valence-corrected chi connectivity index (χ0v) is 9.06. The highest BCUT2D eigenvalue weighted by Gasteiger charge is 2.21. The van der Waals surface area contributed by atoms with Crippen molar-refractivity contribution in [2.75, 3.05) is 5.32 Å². The van der Waals surface area contributed by atoms with E-state index in [-0.39, 0.29) is 12.1 Å². The van der Waals surface area contributed by atoms with Gasteiger partial charge >= 0.3 is 0 Å². The molecule has 1 fully saturated rings. The third-order valence-corrected chi connectivity index (χ3v) is 2.95. The molecule has 0 spiro atoms. The van der Waals surface area contributed by atoms with Crippen LogP contribution in [-0.4, -0.2) is 27.2 Å². The molecule has 88 valence electrons. The lowest BCUT2D eigenvalue weighted by molar-refractivity contribution is 0.144. The summed E-state index contributed by atoms with van der Waals surface area (Å²) in [4.78, 5) is 7.32. The minimum atomic E-state index is -0.555. The van der Waals surface area contributed by atoms with Crippen LogP contribution in [0, 0.1) is 5.95 Å². The van der Waals surface area contributed by atoms with Crippen molar-refractivity contribution in [1.82, 2.24) is 9.97 Å². The molecule has 1 heterocycles. The van der Waals surface area contributed by atoms with Gasteiger partial charge in [0, 0.05) is 6.07 Å². The first-order valence-corrected chi connectivity index (χ1v) is 5.68. The number of nitrogens with one attached hydrogen (secondary N) is 1. The molecule has 2 atom stereocenters. The fourth-order valence-electron chi connectivity index (χ4n) is 2.06. The van der Waals surface area contributed by atoms with E-state index in [1.54, 1.807) is 0 Å². The van der Waals surface area contributed by atoms with E-state index < -0.39 is 5.95 Å². The van der Waals surface area contributed by atoms with E-state index in [0.29, 0.717) is 5.82 Å². The second kappa shape index (κ2) is 5.21. The summed E-state index contributed by atoms with van der Waals surface area (Å²) in [5.41, 5.74) is 0. The van der Waals surface area contributed by atoms with Crippen LogP contribution in [0.5, 0.6) is 0 Å². The number of nitrogens with zero attached hydrogens (tertiary/aromatic N) is 2. The lowest BCUT2D eigenvalue weighted by atomic mass is 10.1. The second-order valence-electron chi connectivity index (χ2n) is 4.18. The van der Waals surface area contributed by atoms with E-state index in [1.165, 1.54) is 12.4 Å². The summed E-state index contributed by atoms with van der Waals surface area (Å²) >= 11 is 0. The standard InChI is InChI=1S/C11H16FN3O/c12-10-6-11(14-7-13-10)15-8-4-2-1-3-5-9(8)16/h6-9,16H,1-5H2,(H,13,14,15). The molecule has 2 N–H and O–H groups in total. The van der Waals surface area contributed by atoms with E-state index in [2.05, 4.69) is 15.3 Å². The van der Waals surface area contributed by atoms with Crippen molar-refractivity contribution in [1.29, 1.82) is 0 Å². The van der Waals surface area contributed by atoms with Crippen molar-refractivity contribution in [2.24, 2.45) is 0 Å². The molecule has 0 radical (unpaired) electrons.